The largest absolute Gasteiger partial charge is 0.383 e. The second kappa shape index (κ2) is 9.92. The smallest absolute Gasteiger partial charge is 0.254 e. The number of nitrogens with one attached hydrogen (secondary N) is 1. The monoisotopic (exact) mass is 450 g/mol. The minimum absolute atomic E-state index is 0.208. The van der Waals surface area contributed by atoms with Gasteiger partial charge in [0.05, 0.1) is 18.6 Å². The van der Waals surface area contributed by atoms with Gasteiger partial charge in [-0.2, -0.15) is 0 Å². The highest BCUT2D eigenvalue weighted by molar-refractivity contribution is 6.01. The standard InChI is InChI=1S/C26H24F2N2O3/c1-33-15-14-30-24(18-8-12-20(28)13-9-18)23(21-4-2-3-5-22(21)26(30)32)25(31)29-16-17-6-10-19(27)11-7-17/h2-13,23-24H,14-16H2,1H3,(H,29,31)/t23-,24-/m0/s1. The summed E-state index contributed by atoms with van der Waals surface area (Å²) in [5, 5.41) is 2.93. The molecule has 4 rings (SSSR count). The quantitative estimate of drug-likeness (QED) is 0.587. The Bertz CT molecular complexity index is 1130. The fourth-order valence-electron chi connectivity index (χ4n) is 4.24. The first kappa shape index (κ1) is 22.6. The van der Waals surface area contributed by atoms with E-state index in [1.54, 1.807) is 60.5 Å². The van der Waals surface area contributed by atoms with Gasteiger partial charge in [-0.15, -0.1) is 0 Å². The Hall–Kier alpha value is -3.58. The molecular weight excluding hydrogens is 426 g/mol. The number of rotatable bonds is 7. The lowest BCUT2D eigenvalue weighted by atomic mass is 9.79. The first-order valence-electron chi connectivity index (χ1n) is 10.7. The van der Waals surface area contributed by atoms with Crippen LogP contribution < -0.4 is 5.32 Å². The summed E-state index contributed by atoms with van der Waals surface area (Å²) in [4.78, 5) is 28.5. The predicted molar refractivity (Wildman–Crippen MR) is 119 cm³/mol. The van der Waals surface area contributed by atoms with Crippen molar-refractivity contribution in [3.63, 3.8) is 0 Å². The maximum Gasteiger partial charge on any atom is 0.254 e. The Kier molecular flexibility index (Phi) is 6.79. The van der Waals surface area contributed by atoms with Crippen LogP contribution in [0, 0.1) is 11.6 Å². The lowest BCUT2D eigenvalue weighted by Crippen LogP contribution is -2.48. The Labute approximate surface area is 191 Å². The highest BCUT2D eigenvalue weighted by Crippen LogP contribution is 2.42. The molecule has 0 aliphatic carbocycles. The summed E-state index contributed by atoms with van der Waals surface area (Å²) < 4.78 is 32.1. The van der Waals surface area contributed by atoms with Gasteiger partial charge in [0.2, 0.25) is 5.91 Å². The molecule has 3 aromatic rings. The van der Waals surface area contributed by atoms with Gasteiger partial charge in [-0.25, -0.2) is 8.78 Å². The number of amides is 2. The van der Waals surface area contributed by atoms with Crippen LogP contribution in [0.1, 0.15) is 39.0 Å². The maximum absolute atomic E-state index is 13.7. The Morgan fingerprint density at radius 2 is 1.61 bits per heavy atom. The highest BCUT2D eigenvalue weighted by atomic mass is 19.1. The number of nitrogens with zero attached hydrogens (tertiary/aromatic N) is 1. The molecule has 1 heterocycles. The number of ether oxygens (including phenoxy) is 1. The zero-order valence-corrected chi connectivity index (χ0v) is 18.1. The molecule has 1 N–H and O–H groups in total. The normalized spacial score (nSPS) is 17.5. The van der Waals surface area contributed by atoms with Crippen LogP contribution in [0.4, 0.5) is 8.78 Å². The van der Waals surface area contributed by atoms with Gasteiger partial charge in [-0.05, 0) is 47.0 Å². The molecule has 7 heteroatoms. The summed E-state index contributed by atoms with van der Waals surface area (Å²) in [6.45, 7) is 0.767. The average Bonchev–Trinajstić information content (AvgIpc) is 2.83. The zero-order chi connectivity index (χ0) is 23.4. The second-order valence-electron chi connectivity index (χ2n) is 7.90. The average molecular weight is 450 g/mol. The third-order valence-corrected chi connectivity index (χ3v) is 5.85. The van der Waals surface area contributed by atoms with E-state index in [1.165, 1.54) is 24.3 Å². The summed E-state index contributed by atoms with van der Waals surface area (Å²) in [5.41, 5.74) is 2.47. The summed E-state index contributed by atoms with van der Waals surface area (Å²) in [7, 11) is 1.54. The summed E-state index contributed by atoms with van der Waals surface area (Å²) in [6.07, 6.45) is 0. The van der Waals surface area contributed by atoms with Crippen molar-refractivity contribution in [2.24, 2.45) is 0 Å². The van der Waals surface area contributed by atoms with Crippen molar-refractivity contribution < 1.29 is 23.1 Å². The first-order valence-corrected chi connectivity index (χ1v) is 10.7. The lowest BCUT2D eigenvalue weighted by molar-refractivity contribution is -0.124. The minimum Gasteiger partial charge on any atom is -0.383 e. The van der Waals surface area contributed by atoms with Gasteiger partial charge in [0.15, 0.2) is 0 Å². The molecule has 3 aromatic carbocycles. The molecule has 1 aliphatic rings. The Morgan fingerprint density at radius 3 is 2.27 bits per heavy atom. The Morgan fingerprint density at radius 1 is 0.970 bits per heavy atom. The van der Waals surface area contributed by atoms with E-state index in [2.05, 4.69) is 5.32 Å². The third kappa shape index (κ3) is 4.78. The SMILES string of the molecule is COCCN1C(=O)c2ccccc2[C@H](C(=O)NCc2ccc(F)cc2)[C@@H]1c1ccc(F)cc1. The fourth-order valence-corrected chi connectivity index (χ4v) is 4.24. The van der Waals surface area contributed by atoms with Crippen molar-refractivity contribution in [2.45, 2.75) is 18.5 Å². The molecule has 0 bridgehead atoms. The molecule has 0 saturated carbocycles. The van der Waals surface area contributed by atoms with Crippen LogP contribution >= 0.6 is 0 Å². The van der Waals surface area contributed by atoms with E-state index in [-0.39, 0.29) is 37.3 Å². The number of carbonyl (C=O) groups excluding carboxylic acids is 2. The van der Waals surface area contributed by atoms with Crippen molar-refractivity contribution in [1.82, 2.24) is 10.2 Å². The molecule has 5 nitrogen and oxygen atoms in total. The van der Waals surface area contributed by atoms with Crippen LogP contribution in [0.15, 0.2) is 72.8 Å². The maximum atomic E-state index is 13.7. The molecule has 0 saturated heterocycles. The number of carbonyl (C=O) groups is 2. The van der Waals surface area contributed by atoms with Crippen LogP contribution in [-0.4, -0.2) is 37.0 Å². The highest BCUT2D eigenvalue weighted by Gasteiger charge is 2.43. The van der Waals surface area contributed by atoms with Crippen LogP contribution in [0.3, 0.4) is 0 Å². The molecule has 0 aromatic heterocycles. The van der Waals surface area contributed by atoms with Gasteiger partial charge in [0.1, 0.15) is 11.6 Å². The van der Waals surface area contributed by atoms with E-state index in [1.807, 2.05) is 0 Å². The van der Waals surface area contributed by atoms with E-state index in [0.29, 0.717) is 16.7 Å². The van der Waals surface area contributed by atoms with E-state index in [4.69, 9.17) is 4.74 Å². The van der Waals surface area contributed by atoms with Crippen LogP contribution in [-0.2, 0) is 16.1 Å². The third-order valence-electron chi connectivity index (χ3n) is 5.85. The molecule has 2 atom stereocenters. The molecule has 0 radical (unpaired) electrons. The van der Waals surface area contributed by atoms with Crippen molar-refractivity contribution in [1.29, 1.82) is 0 Å². The minimum atomic E-state index is -0.721. The summed E-state index contributed by atoms with van der Waals surface area (Å²) in [5.74, 6) is -1.96. The van der Waals surface area contributed by atoms with Crippen LogP contribution in [0.2, 0.25) is 0 Å². The fraction of sp³-hybridized carbons (Fsp3) is 0.231. The van der Waals surface area contributed by atoms with Crippen molar-refractivity contribution in [2.75, 3.05) is 20.3 Å². The number of benzene rings is 3. The number of methoxy groups -OCH3 is 1. The molecule has 1 aliphatic heterocycles. The van der Waals surface area contributed by atoms with E-state index in [0.717, 1.165) is 5.56 Å². The number of hydrogen-bond acceptors (Lipinski definition) is 3. The van der Waals surface area contributed by atoms with Crippen molar-refractivity contribution >= 4 is 11.8 Å². The molecule has 2 amide bonds. The number of hydrogen-bond donors (Lipinski definition) is 1. The molecule has 33 heavy (non-hydrogen) atoms. The van der Waals surface area contributed by atoms with Crippen LogP contribution in [0.25, 0.3) is 0 Å². The predicted octanol–water partition coefficient (Wildman–Crippen LogP) is 4.21. The van der Waals surface area contributed by atoms with Gasteiger partial charge in [-0.3, -0.25) is 9.59 Å². The van der Waals surface area contributed by atoms with Gasteiger partial charge >= 0.3 is 0 Å². The second-order valence-corrected chi connectivity index (χ2v) is 7.90. The van der Waals surface area contributed by atoms with Crippen molar-refractivity contribution in [3.05, 3.63) is 107 Å². The van der Waals surface area contributed by atoms with E-state index in [9.17, 15) is 18.4 Å². The lowest BCUT2D eigenvalue weighted by Gasteiger charge is -2.41. The molecule has 0 fully saturated rings. The van der Waals surface area contributed by atoms with Gasteiger partial charge in [-0.1, -0.05) is 42.5 Å². The van der Waals surface area contributed by atoms with Gasteiger partial charge in [0, 0.05) is 25.8 Å². The molecule has 170 valence electrons. The van der Waals surface area contributed by atoms with E-state index >= 15 is 0 Å². The van der Waals surface area contributed by atoms with Crippen molar-refractivity contribution in [3.8, 4) is 0 Å². The van der Waals surface area contributed by atoms with Crippen LogP contribution in [0.5, 0.6) is 0 Å². The number of fused-ring (bicyclic) bond motifs is 1. The first-order chi connectivity index (χ1) is 16.0. The molecular formula is C26H24F2N2O3. The van der Waals surface area contributed by atoms with E-state index < -0.39 is 17.8 Å². The number of halogens is 2. The zero-order valence-electron chi connectivity index (χ0n) is 18.1. The summed E-state index contributed by atoms with van der Waals surface area (Å²) >= 11 is 0. The topological polar surface area (TPSA) is 58.6 Å². The Balaban J connectivity index is 1.74. The molecule has 0 spiro atoms. The van der Waals surface area contributed by atoms with Gasteiger partial charge in [0.25, 0.3) is 5.91 Å². The summed E-state index contributed by atoms with van der Waals surface area (Å²) in [6, 6.07) is 18.1. The van der Waals surface area contributed by atoms with Gasteiger partial charge < -0.3 is 15.0 Å². The molecule has 0 unspecified atom stereocenters.